The second kappa shape index (κ2) is 11.1. The van der Waals surface area contributed by atoms with Crippen LogP contribution < -0.4 is 4.18 Å². The highest BCUT2D eigenvalue weighted by molar-refractivity contribution is 7.87. The maximum Gasteiger partial charge on any atom is 0.339 e. The number of carbonyl (C=O) groups is 1. The van der Waals surface area contributed by atoms with Crippen LogP contribution in [0.25, 0.3) is 0 Å². The lowest BCUT2D eigenvalue weighted by molar-refractivity contribution is -0.132. The first kappa shape index (κ1) is 23.9. The van der Waals surface area contributed by atoms with E-state index in [0.717, 1.165) is 49.1 Å². The van der Waals surface area contributed by atoms with Gasteiger partial charge in [0, 0.05) is 19.5 Å². The van der Waals surface area contributed by atoms with E-state index in [1.54, 1.807) is 24.3 Å². The summed E-state index contributed by atoms with van der Waals surface area (Å²) in [6, 6.07) is 11.1. The SMILES string of the molecule is CCCCCC(=O)N(Cc1ccc(OS(=O)(=O)c2ccc(F)cc2)cc1)CC(C)C. The van der Waals surface area contributed by atoms with Gasteiger partial charge in [-0.25, -0.2) is 4.39 Å². The first-order valence-electron chi connectivity index (χ1n) is 10.3. The lowest BCUT2D eigenvalue weighted by atomic mass is 10.1. The molecule has 0 aliphatic carbocycles. The van der Waals surface area contributed by atoms with Gasteiger partial charge in [0.25, 0.3) is 0 Å². The van der Waals surface area contributed by atoms with Crippen LogP contribution in [-0.2, 0) is 21.5 Å². The highest BCUT2D eigenvalue weighted by Crippen LogP contribution is 2.20. The Morgan fingerprint density at radius 3 is 2.23 bits per heavy atom. The maximum absolute atomic E-state index is 13.0. The van der Waals surface area contributed by atoms with E-state index < -0.39 is 15.9 Å². The zero-order valence-electron chi connectivity index (χ0n) is 17.8. The van der Waals surface area contributed by atoms with E-state index in [9.17, 15) is 17.6 Å². The Bertz CT molecular complexity index is 909. The van der Waals surface area contributed by atoms with Gasteiger partial charge in [-0.15, -0.1) is 0 Å². The summed E-state index contributed by atoms with van der Waals surface area (Å²) in [7, 11) is -4.04. The van der Waals surface area contributed by atoms with Crippen LogP contribution in [0.4, 0.5) is 4.39 Å². The van der Waals surface area contributed by atoms with E-state index in [4.69, 9.17) is 4.18 Å². The summed E-state index contributed by atoms with van der Waals surface area (Å²) in [5.41, 5.74) is 0.894. The van der Waals surface area contributed by atoms with Crippen LogP contribution in [0, 0.1) is 11.7 Å². The van der Waals surface area contributed by atoms with Crippen LogP contribution >= 0.6 is 0 Å². The molecule has 0 heterocycles. The largest absolute Gasteiger partial charge is 0.379 e. The Labute approximate surface area is 179 Å². The lowest BCUT2D eigenvalue weighted by Crippen LogP contribution is -2.33. The second-order valence-corrected chi connectivity index (χ2v) is 9.31. The van der Waals surface area contributed by atoms with Gasteiger partial charge in [0.1, 0.15) is 16.5 Å². The van der Waals surface area contributed by atoms with Crippen molar-refractivity contribution in [1.29, 1.82) is 0 Å². The molecule has 0 bridgehead atoms. The van der Waals surface area contributed by atoms with Crippen molar-refractivity contribution < 1.29 is 21.8 Å². The Balaban J connectivity index is 2.05. The maximum atomic E-state index is 13.0. The van der Waals surface area contributed by atoms with Crippen LogP contribution in [-0.4, -0.2) is 25.8 Å². The van der Waals surface area contributed by atoms with Crippen LogP contribution in [0.15, 0.2) is 53.4 Å². The molecule has 0 unspecified atom stereocenters. The molecule has 0 aliphatic heterocycles. The summed E-state index contributed by atoms with van der Waals surface area (Å²) in [6.07, 6.45) is 3.53. The van der Waals surface area contributed by atoms with Gasteiger partial charge in [0.05, 0.1) is 0 Å². The fraction of sp³-hybridized carbons (Fsp3) is 0.435. The zero-order valence-corrected chi connectivity index (χ0v) is 18.6. The van der Waals surface area contributed by atoms with Gasteiger partial charge in [-0.3, -0.25) is 4.79 Å². The molecule has 0 saturated carbocycles. The van der Waals surface area contributed by atoms with Crippen molar-refractivity contribution in [3.63, 3.8) is 0 Å². The molecule has 1 amide bonds. The van der Waals surface area contributed by atoms with Crippen molar-refractivity contribution in [3.05, 3.63) is 59.9 Å². The lowest BCUT2D eigenvalue weighted by Gasteiger charge is -2.25. The molecular weight excluding hydrogens is 405 g/mol. The van der Waals surface area contributed by atoms with Crippen LogP contribution in [0.3, 0.4) is 0 Å². The summed E-state index contributed by atoms with van der Waals surface area (Å²) >= 11 is 0. The number of unbranched alkanes of at least 4 members (excludes halogenated alkanes) is 2. The molecule has 0 saturated heterocycles. The molecule has 2 aromatic rings. The monoisotopic (exact) mass is 435 g/mol. The molecule has 0 N–H and O–H groups in total. The predicted octanol–water partition coefficient (Wildman–Crippen LogP) is 5.16. The topological polar surface area (TPSA) is 63.7 Å². The smallest absolute Gasteiger partial charge is 0.339 e. The van der Waals surface area contributed by atoms with Gasteiger partial charge in [-0.2, -0.15) is 8.42 Å². The summed E-state index contributed by atoms with van der Waals surface area (Å²) in [5, 5.41) is 0. The van der Waals surface area contributed by atoms with Gasteiger partial charge in [0.2, 0.25) is 5.91 Å². The molecule has 7 heteroatoms. The third kappa shape index (κ3) is 7.44. The van der Waals surface area contributed by atoms with Crippen LogP contribution in [0.5, 0.6) is 5.75 Å². The zero-order chi connectivity index (χ0) is 22.1. The summed E-state index contributed by atoms with van der Waals surface area (Å²) in [5.74, 6) is 0.126. The van der Waals surface area contributed by atoms with Crippen LogP contribution in [0.2, 0.25) is 0 Å². The van der Waals surface area contributed by atoms with Crippen LogP contribution in [0.1, 0.15) is 52.0 Å². The average molecular weight is 436 g/mol. The molecular formula is C23H30FNO4S. The van der Waals surface area contributed by atoms with Crippen molar-refractivity contribution in [2.75, 3.05) is 6.54 Å². The van der Waals surface area contributed by atoms with Crippen molar-refractivity contribution in [2.45, 2.75) is 57.9 Å². The van der Waals surface area contributed by atoms with Crippen molar-refractivity contribution in [2.24, 2.45) is 5.92 Å². The number of hydrogen-bond acceptors (Lipinski definition) is 4. The van der Waals surface area contributed by atoms with Gasteiger partial charge in [-0.1, -0.05) is 45.7 Å². The summed E-state index contributed by atoms with van der Waals surface area (Å²) < 4.78 is 42.8. The molecule has 0 aliphatic rings. The Morgan fingerprint density at radius 1 is 1.03 bits per heavy atom. The Kier molecular flexibility index (Phi) is 8.84. The van der Waals surface area contributed by atoms with Gasteiger partial charge >= 0.3 is 10.1 Å². The first-order chi connectivity index (χ1) is 14.2. The average Bonchev–Trinajstić information content (AvgIpc) is 2.69. The minimum atomic E-state index is -4.04. The standard InChI is InChI=1S/C23H30FNO4S/c1-4-5-6-7-23(26)25(16-18(2)3)17-19-8-12-21(13-9-19)29-30(27,28)22-14-10-20(24)11-15-22/h8-15,18H,4-7,16-17H2,1-3H3. The fourth-order valence-corrected chi connectivity index (χ4v) is 3.96. The van der Waals surface area contributed by atoms with E-state index in [2.05, 4.69) is 20.8 Å². The quantitative estimate of drug-likeness (QED) is 0.361. The molecule has 0 radical (unpaired) electrons. The third-order valence-corrected chi connectivity index (χ3v) is 5.80. The minimum absolute atomic E-state index is 0.117. The Hall–Kier alpha value is -2.41. The van der Waals surface area contributed by atoms with E-state index in [1.807, 2.05) is 4.90 Å². The number of hydrogen-bond donors (Lipinski definition) is 0. The molecule has 164 valence electrons. The number of halogens is 1. The van der Waals surface area contributed by atoms with E-state index in [0.29, 0.717) is 25.4 Å². The molecule has 30 heavy (non-hydrogen) atoms. The molecule has 5 nitrogen and oxygen atoms in total. The number of carbonyl (C=O) groups excluding carboxylic acids is 1. The van der Waals surface area contributed by atoms with E-state index in [1.165, 1.54) is 0 Å². The minimum Gasteiger partial charge on any atom is -0.379 e. The number of rotatable bonds is 11. The molecule has 2 rings (SSSR count). The molecule has 2 aromatic carbocycles. The third-order valence-electron chi connectivity index (χ3n) is 4.54. The van der Waals surface area contributed by atoms with Gasteiger partial charge in [0.15, 0.2) is 0 Å². The van der Waals surface area contributed by atoms with Gasteiger partial charge < -0.3 is 9.08 Å². The number of nitrogens with zero attached hydrogens (tertiary/aromatic N) is 1. The second-order valence-electron chi connectivity index (χ2n) is 7.76. The summed E-state index contributed by atoms with van der Waals surface area (Å²) in [4.78, 5) is 14.3. The Morgan fingerprint density at radius 2 is 1.67 bits per heavy atom. The van der Waals surface area contributed by atoms with Crippen molar-refractivity contribution in [1.82, 2.24) is 4.90 Å². The summed E-state index contributed by atoms with van der Waals surface area (Å²) in [6.45, 7) is 7.39. The molecule has 0 aromatic heterocycles. The van der Waals surface area contributed by atoms with Crippen molar-refractivity contribution in [3.8, 4) is 5.75 Å². The normalized spacial score (nSPS) is 11.5. The highest BCUT2D eigenvalue weighted by Gasteiger charge is 2.18. The van der Waals surface area contributed by atoms with E-state index >= 15 is 0 Å². The van der Waals surface area contributed by atoms with E-state index in [-0.39, 0.29) is 16.6 Å². The number of benzene rings is 2. The number of amides is 1. The molecule has 0 spiro atoms. The molecule has 0 fully saturated rings. The fourth-order valence-electron chi connectivity index (χ4n) is 3.03. The first-order valence-corrected chi connectivity index (χ1v) is 11.7. The predicted molar refractivity (Wildman–Crippen MR) is 115 cm³/mol. The van der Waals surface area contributed by atoms with Crippen molar-refractivity contribution >= 4 is 16.0 Å². The molecule has 0 atom stereocenters. The highest BCUT2D eigenvalue weighted by atomic mass is 32.2. The van der Waals surface area contributed by atoms with Gasteiger partial charge in [-0.05, 0) is 54.3 Å².